The zero-order valence-electron chi connectivity index (χ0n) is 11.1. The van der Waals surface area contributed by atoms with Crippen LogP contribution >= 0.6 is 0 Å². The Labute approximate surface area is 120 Å². The summed E-state index contributed by atoms with van der Waals surface area (Å²) in [4.78, 5) is 12.4. The molecule has 1 aliphatic heterocycles. The van der Waals surface area contributed by atoms with Crippen molar-refractivity contribution in [3.05, 3.63) is 0 Å². The van der Waals surface area contributed by atoms with Crippen molar-refractivity contribution < 1.29 is 31.0 Å². The van der Waals surface area contributed by atoms with E-state index in [0.29, 0.717) is 5.92 Å². The summed E-state index contributed by atoms with van der Waals surface area (Å²) in [7, 11) is 0. The van der Waals surface area contributed by atoms with Gasteiger partial charge in [-0.05, 0) is 0 Å². The average Bonchev–Trinajstić information content (AvgIpc) is 2.81. The number of hydrogen-bond acceptors (Lipinski definition) is 3. The number of halogens is 1. The topological polar surface area (TPSA) is 48.2 Å². The second-order valence-corrected chi connectivity index (χ2v) is 8.91. The van der Waals surface area contributed by atoms with Gasteiger partial charge >= 0.3 is 120 Å². The van der Waals surface area contributed by atoms with Gasteiger partial charge in [-0.15, -0.1) is 0 Å². The van der Waals surface area contributed by atoms with Crippen molar-refractivity contribution in [1.29, 1.82) is 0 Å². The molecule has 0 aromatic rings. The normalized spacial score (nSPS) is 35.2. The molecule has 1 saturated heterocycles. The van der Waals surface area contributed by atoms with Crippen LogP contribution in [0.4, 0.5) is 0 Å². The van der Waals surface area contributed by atoms with Crippen LogP contribution in [0.5, 0.6) is 0 Å². The first-order chi connectivity index (χ1) is 8.71. The van der Waals surface area contributed by atoms with Crippen molar-refractivity contribution in [3.63, 3.8) is 0 Å². The number of carbonyl (C=O) groups excluding carboxylic acids is 1. The summed E-state index contributed by atoms with van der Waals surface area (Å²) < 4.78 is 9.23. The fraction of sp³-hybridized carbons (Fsp3) is 0.929. The number of alkyl halides is 1. The number of hydrogen-bond donors (Lipinski definition) is 1. The number of ether oxygens (including phenoxy) is 1. The Balaban J connectivity index is 1.72. The fourth-order valence-electron chi connectivity index (χ4n) is 3.70. The van der Waals surface area contributed by atoms with Crippen LogP contribution in [0.25, 0.3) is 0 Å². The first kappa shape index (κ1) is 13.2. The van der Waals surface area contributed by atoms with Crippen molar-refractivity contribution in [2.75, 3.05) is 0 Å². The molecule has 0 spiro atoms. The zero-order valence-corrected chi connectivity index (χ0v) is 13.3. The minimum atomic E-state index is -0.215. The Kier molecular flexibility index (Phi) is 3.60. The standard InChI is InChI=1S/C14H23INO2/c1-2-14(15-16-14)12(17)18-13(9-5-6-10-13)11-7-3-4-8-11/h11,16H,2-10H2,1H3/q-1. The molecule has 3 aliphatic rings. The third-order valence-electron chi connectivity index (χ3n) is 4.98. The van der Waals surface area contributed by atoms with Gasteiger partial charge in [0, 0.05) is 0 Å². The van der Waals surface area contributed by atoms with Crippen LogP contribution in [0.2, 0.25) is 0 Å². The zero-order chi connectivity index (χ0) is 12.6. The molecule has 4 heteroatoms. The van der Waals surface area contributed by atoms with E-state index >= 15 is 0 Å². The predicted molar refractivity (Wildman–Crippen MR) is 65.4 cm³/mol. The van der Waals surface area contributed by atoms with E-state index in [4.69, 9.17) is 4.74 Å². The second-order valence-electron chi connectivity index (χ2n) is 5.99. The molecule has 3 nitrogen and oxygen atoms in total. The average molecular weight is 364 g/mol. The maximum absolute atomic E-state index is 12.4. The summed E-state index contributed by atoms with van der Waals surface area (Å²) in [6, 6.07) is 0. The quantitative estimate of drug-likeness (QED) is 0.187. The van der Waals surface area contributed by atoms with Crippen LogP contribution in [-0.2, 0) is 9.53 Å². The van der Waals surface area contributed by atoms with E-state index in [9.17, 15) is 4.79 Å². The summed E-state index contributed by atoms with van der Waals surface area (Å²) in [5.41, 5.74) is -0.0796. The van der Waals surface area contributed by atoms with Gasteiger partial charge in [0.25, 0.3) is 0 Å². The van der Waals surface area contributed by atoms with E-state index in [1.54, 1.807) is 0 Å². The van der Waals surface area contributed by atoms with E-state index in [-0.39, 0.29) is 36.6 Å². The summed E-state index contributed by atoms with van der Waals surface area (Å²) in [5, 5.41) is 0. The molecule has 1 N–H and O–H groups in total. The van der Waals surface area contributed by atoms with Crippen LogP contribution in [0, 0.1) is 5.92 Å². The molecular weight excluding hydrogens is 341 g/mol. The Hall–Kier alpha value is 0.160. The third-order valence-corrected chi connectivity index (χ3v) is 8.02. The number of nitrogens with one attached hydrogen (secondary N) is 1. The number of rotatable bonds is 4. The predicted octanol–water partition coefficient (Wildman–Crippen LogP) is -0.254. The summed E-state index contributed by atoms with van der Waals surface area (Å²) in [5.74, 6) is 0.724. The third kappa shape index (κ3) is 2.19. The van der Waals surface area contributed by atoms with Crippen molar-refractivity contribution in [2.45, 2.75) is 73.9 Å². The molecule has 0 bridgehead atoms. The molecule has 0 radical (unpaired) electrons. The Bertz CT molecular complexity index is 329. The molecule has 104 valence electrons. The van der Waals surface area contributed by atoms with Gasteiger partial charge in [-0.3, -0.25) is 0 Å². The Morgan fingerprint density at radius 3 is 2.39 bits per heavy atom. The maximum atomic E-state index is 12.4. The monoisotopic (exact) mass is 364 g/mol. The summed E-state index contributed by atoms with van der Waals surface area (Å²) >= 11 is -0.136. The SMILES string of the molecule is CCC1(C(=O)OC2(C3CCCC3)CCCC2)N[I-]1. The van der Waals surface area contributed by atoms with Gasteiger partial charge in [0.2, 0.25) is 0 Å². The number of esters is 1. The van der Waals surface area contributed by atoms with Crippen LogP contribution < -0.4 is 25.0 Å². The van der Waals surface area contributed by atoms with Crippen LogP contribution in [0.1, 0.15) is 64.7 Å². The molecule has 3 rings (SSSR count). The van der Waals surface area contributed by atoms with E-state index < -0.39 is 0 Å². The Morgan fingerprint density at radius 2 is 1.89 bits per heavy atom. The van der Waals surface area contributed by atoms with Gasteiger partial charge in [0.15, 0.2) is 0 Å². The molecule has 18 heavy (non-hydrogen) atoms. The van der Waals surface area contributed by atoms with E-state index in [2.05, 4.69) is 10.5 Å². The van der Waals surface area contributed by atoms with E-state index in [1.807, 2.05) is 0 Å². The molecule has 2 saturated carbocycles. The molecule has 2 aliphatic carbocycles. The van der Waals surface area contributed by atoms with Crippen molar-refractivity contribution in [1.82, 2.24) is 3.53 Å². The van der Waals surface area contributed by atoms with Gasteiger partial charge in [-0.1, -0.05) is 0 Å². The molecule has 3 fully saturated rings. The molecule has 0 amide bonds. The Morgan fingerprint density at radius 1 is 1.28 bits per heavy atom. The van der Waals surface area contributed by atoms with Crippen molar-refractivity contribution in [2.24, 2.45) is 5.92 Å². The minimum absolute atomic E-state index is 0.0756. The molecule has 0 aromatic carbocycles. The molecular formula is C14H23INO2-. The van der Waals surface area contributed by atoms with Gasteiger partial charge in [0.1, 0.15) is 0 Å². The van der Waals surface area contributed by atoms with Crippen LogP contribution in [0.15, 0.2) is 0 Å². The molecule has 1 unspecified atom stereocenters. The van der Waals surface area contributed by atoms with Crippen LogP contribution in [0.3, 0.4) is 0 Å². The van der Waals surface area contributed by atoms with Crippen molar-refractivity contribution in [3.8, 4) is 0 Å². The molecule has 1 atom stereocenters. The summed E-state index contributed by atoms with van der Waals surface area (Å²) in [6.07, 6.45) is 10.8. The van der Waals surface area contributed by atoms with Crippen LogP contribution in [-0.4, -0.2) is 15.1 Å². The second kappa shape index (κ2) is 4.93. The fourth-order valence-corrected chi connectivity index (χ4v) is 5.34. The molecule has 1 heterocycles. The van der Waals surface area contributed by atoms with E-state index in [0.717, 1.165) is 19.3 Å². The first-order valence-corrected chi connectivity index (χ1v) is 9.52. The first-order valence-electron chi connectivity index (χ1n) is 7.36. The van der Waals surface area contributed by atoms with Gasteiger partial charge in [0.05, 0.1) is 0 Å². The summed E-state index contributed by atoms with van der Waals surface area (Å²) in [6.45, 7) is 2.10. The van der Waals surface area contributed by atoms with Crippen molar-refractivity contribution >= 4 is 5.97 Å². The van der Waals surface area contributed by atoms with Gasteiger partial charge in [-0.2, -0.15) is 0 Å². The van der Waals surface area contributed by atoms with E-state index in [1.165, 1.54) is 38.5 Å². The molecule has 0 aromatic heterocycles. The van der Waals surface area contributed by atoms with Gasteiger partial charge < -0.3 is 0 Å². The van der Waals surface area contributed by atoms with Gasteiger partial charge in [-0.25, -0.2) is 0 Å². The number of carbonyl (C=O) groups is 1.